The molecule has 0 amide bonds. The minimum atomic E-state index is -0.124. The van der Waals surface area contributed by atoms with Gasteiger partial charge in [0.1, 0.15) is 0 Å². The van der Waals surface area contributed by atoms with Gasteiger partial charge in [-0.05, 0) is 19.3 Å². The van der Waals surface area contributed by atoms with Crippen molar-refractivity contribution in [2.75, 3.05) is 13.1 Å². The fourth-order valence-electron chi connectivity index (χ4n) is 2.18. The first-order valence-corrected chi connectivity index (χ1v) is 4.53. The predicted octanol–water partition coefficient (Wildman–Crippen LogP) is -0.539. The molecule has 2 fully saturated rings. The average Bonchev–Trinajstić information content (AvgIpc) is 2.06. The van der Waals surface area contributed by atoms with Crippen LogP contribution in [-0.4, -0.2) is 36.4 Å². The third kappa shape index (κ3) is 1.41. The maximum absolute atomic E-state index is 9.60. The van der Waals surface area contributed by atoms with Crippen LogP contribution in [0.4, 0.5) is 0 Å². The summed E-state index contributed by atoms with van der Waals surface area (Å²) in [6, 6.07) is 0.838. The van der Waals surface area contributed by atoms with E-state index in [0.29, 0.717) is 12.1 Å². The summed E-state index contributed by atoms with van der Waals surface area (Å²) in [4.78, 5) is 0. The van der Waals surface area contributed by atoms with Gasteiger partial charge in [-0.15, -0.1) is 0 Å². The maximum Gasteiger partial charge on any atom is 0.0708 e. The normalized spacial score (nSPS) is 45.0. The van der Waals surface area contributed by atoms with Crippen LogP contribution in [0.25, 0.3) is 0 Å². The van der Waals surface area contributed by atoms with E-state index in [1.54, 1.807) is 0 Å². The zero-order valence-corrected chi connectivity index (χ0v) is 6.71. The Balaban J connectivity index is 1.99. The Morgan fingerprint density at radius 1 is 1.09 bits per heavy atom. The fourth-order valence-corrected chi connectivity index (χ4v) is 2.18. The van der Waals surface area contributed by atoms with Crippen LogP contribution in [0.3, 0.4) is 0 Å². The molecule has 0 unspecified atom stereocenters. The number of hydrogen-bond donors (Lipinski definition) is 3. The average molecular weight is 156 g/mol. The summed E-state index contributed by atoms with van der Waals surface area (Å²) in [7, 11) is 0. The van der Waals surface area contributed by atoms with E-state index in [9.17, 15) is 5.11 Å². The van der Waals surface area contributed by atoms with Crippen LogP contribution >= 0.6 is 0 Å². The number of nitrogens with one attached hydrogen (secondary N) is 2. The van der Waals surface area contributed by atoms with Crippen LogP contribution in [0, 0.1) is 0 Å². The SMILES string of the molecule is O[C@@H]1CCC[C@H]2NCCN[C@@H]12. The number of fused-ring (bicyclic) bond motifs is 1. The Hall–Kier alpha value is -0.120. The van der Waals surface area contributed by atoms with Gasteiger partial charge >= 0.3 is 0 Å². The Morgan fingerprint density at radius 3 is 2.73 bits per heavy atom. The van der Waals surface area contributed by atoms with E-state index in [4.69, 9.17) is 0 Å². The molecular weight excluding hydrogens is 140 g/mol. The molecule has 0 aromatic carbocycles. The van der Waals surface area contributed by atoms with E-state index < -0.39 is 0 Å². The molecule has 11 heavy (non-hydrogen) atoms. The van der Waals surface area contributed by atoms with Crippen molar-refractivity contribution in [3.8, 4) is 0 Å². The summed E-state index contributed by atoms with van der Waals surface area (Å²) in [5, 5.41) is 16.4. The molecule has 1 saturated heterocycles. The highest BCUT2D eigenvalue weighted by atomic mass is 16.3. The van der Waals surface area contributed by atoms with Crippen LogP contribution in [0.1, 0.15) is 19.3 Å². The van der Waals surface area contributed by atoms with Gasteiger partial charge in [0.05, 0.1) is 6.10 Å². The topological polar surface area (TPSA) is 44.3 Å². The smallest absolute Gasteiger partial charge is 0.0708 e. The second-order valence-electron chi connectivity index (χ2n) is 3.54. The molecule has 3 nitrogen and oxygen atoms in total. The van der Waals surface area contributed by atoms with Gasteiger partial charge < -0.3 is 15.7 Å². The molecule has 1 heterocycles. The summed E-state index contributed by atoms with van der Waals surface area (Å²) in [6.07, 6.45) is 3.23. The van der Waals surface area contributed by atoms with Gasteiger partial charge in [0.15, 0.2) is 0 Å². The van der Waals surface area contributed by atoms with Crippen molar-refractivity contribution in [1.82, 2.24) is 10.6 Å². The number of rotatable bonds is 0. The lowest BCUT2D eigenvalue weighted by Crippen LogP contribution is -2.62. The first-order chi connectivity index (χ1) is 5.38. The number of hydrogen-bond acceptors (Lipinski definition) is 3. The van der Waals surface area contributed by atoms with E-state index in [1.807, 2.05) is 0 Å². The molecular formula is C8H16N2O. The van der Waals surface area contributed by atoms with Crippen LogP contribution in [-0.2, 0) is 0 Å². The van der Waals surface area contributed by atoms with E-state index >= 15 is 0 Å². The molecule has 1 aliphatic heterocycles. The van der Waals surface area contributed by atoms with Crippen molar-refractivity contribution in [1.29, 1.82) is 0 Å². The van der Waals surface area contributed by atoms with Gasteiger partial charge in [0.2, 0.25) is 0 Å². The van der Waals surface area contributed by atoms with Gasteiger partial charge in [0, 0.05) is 25.2 Å². The van der Waals surface area contributed by atoms with E-state index in [-0.39, 0.29) is 6.10 Å². The summed E-state index contributed by atoms with van der Waals surface area (Å²) >= 11 is 0. The Kier molecular flexibility index (Phi) is 2.11. The van der Waals surface area contributed by atoms with E-state index in [2.05, 4.69) is 10.6 Å². The zero-order chi connectivity index (χ0) is 7.68. The minimum Gasteiger partial charge on any atom is -0.391 e. The first kappa shape index (κ1) is 7.53. The van der Waals surface area contributed by atoms with Crippen molar-refractivity contribution in [3.05, 3.63) is 0 Å². The molecule has 1 saturated carbocycles. The molecule has 0 aromatic heterocycles. The molecule has 0 spiro atoms. The summed E-state index contributed by atoms with van der Waals surface area (Å²) < 4.78 is 0. The van der Waals surface area contributed by atoms with Crippen LogP contribution in [0.2, 0.25) is 0 Å². The summed E-state index contributed by atoms with van der Waals surface area (Å²) in [5.41, 5.74) is 0. The molecule has 64 valence electrons. The van der Waals surface area contributed by atoms with Crippen LogP contribution < -0.4 is 10.6 Å². The second-order valence-corrected chi connectivity index (χ2v) is 3.54. The fraction of sp³-hybridized carbons (Fsp3) is 1.00. The highest BCUT2D eigenvalue weighted by Crippen LogP contribution is 2.20. The molecule has 1 aliphatic carbocycles. The predicted molar refractivity (Wildman–Crippen MR) is 43.4 cm³/mol. The zero-order valence-electron chi connectivity index (χ0n) is 6.71. The lowest BCUT2D eigenvalue weighted by molar-refractivity contribution is 0.0606. The van der Waals surface area contributed by atoms with Crippen molar-refractivity contribution >= 4 is 0 Å². The van der Waals surface area contributed by atoms with E-state index in [1.165, 1.54) is 6.42 Å². The number of piperazine rings is 1. The molecule has 3 N–H and O–H groups in total. The third-order valence-corrected chi connectivity index (χ3v) is 2.77. The molecule has 0 radical (unpaired) electrons. The number of aliphatic hydroxyl groups excluding tert-OH is 1. The van der Waals surface area contributed by atoms with Gasteiger partial charge in [-0.2, -0.15) is 0 Å². The molecule has 3 atom stereocenters. The van der Waals surface area contributed by atoms with Gasteiger partial charge in [-0.1, -0.05) is 0 Å². The summed E-state index contributed by atoms with van der Waals surface area (Å²) in [5.74, 6) is 0. The summed E-state index contributed by atoms with van der Waals surface area (Å²) in [6.45, 7) is 2.05. The molecule has 2 aliphatic rings. The third-order valence-electron chi connectivity index (χ3n) is 2.77. The molecule has 3 heteroatoms. The van der Waals surface area contributed by atoms with Crippen molar-refractivity contribution in [3.63, 3.8) is 0 Å². The quantitative estimate of drug-likeness (QED) is 0.441. The second kappa shape index (κ2) is 3.09. The van der Waals surface area contributed by atoms with Gasteiger partial charge in [-0.25, -0.2) is 0 Å². The lowest BCUT2D eigenvalue weighted by atomic mass is 9.87. The molecule has 0 aromatic rings. The molecule has 0 bridgehead atoms. The van der Waals surface area contributed by atoms with E-state index in [0.717, 1.165) is 25.9 Å². The lowest BCUT2D eigenvalue weighted by Gasteiger charge is -2.40. The number of aliphatic hydroxyl groups is 1. The monoisotopic (exact) mass is 156 g/mol. The Bertz CT molecular complexity index is 138. The van der Waals surface area contributed by atoms with Crippen LogP contribution in [0.5, 0.6) is 0 Å². The standard InChI is InChI=1S/C8H16N2O/c11-7-3-1-2-6-8(7)10-5-4-9-6/h6-11H,1-5H2/t6-,7-,8-/m1/s1. The van der Waals surface area contributed by atoms with Crippen molar-refractivity contribution in [2.45, 2.75) is 37.5 Å². The van der Waals surface area contributed by atoms with Crippen LogP contribution in [0.15, 0.2) is 0 Å². The molecule has 2 rings (SSSR count). The highest BCUT2D eigenvalue weighted by Gasteiger charge is 2.33. The first-order valence-electron chi connectivity index (χ1n) is 4.53. The van der Waals surface area contributed by atoms with Gasteiger partial charge in [-0.3, -0.25) is 0 Å². The maximum atomic E-state index is 9.60. The minimum absolute atomic E-state index is 0.124. The van der Waals surface area contributed by atoms with Gasteiger partial charge in [0.25, 0.3) is 0 Å². The largest absolute Gasteiger partial charge is 0.391 e. The van der Waals surface area contributed by atoms with Crippen molar-refractivity contribution in [2.24, 2.45) is 0 Å². The van der Waals surface area contributed by atoms with Crippen molar-refractivity contribution < 1.29 is 5.11 Å². The Morgan fingerprint density at radius 2 is 1.91 bits per heavy atom. The highest BCUT2D eigenvalue weighted by molar-refractivity contribution is 4.94. The Labute approximate surface area is 67.2 Å².